The van der Waals surface area contributed by atoms with Gasteiger partial charge in [0.15, 0.2) is 6.10 Å². The molecule has 3 rings (SSSR count). The third kappa shape index (κ3) is 5.61. The topological polar surface area (TPSA) is 79.4 Å². The van der Waals surface area contributed by atoms with Crippen LogP contribution in [0.2, 0.25) is 0 Å². The van der Waals surface area contributed by atoms with Crippen LogP contribution in [0.5, 0.6) is 11.5 Å². The van der Waals surface area contributed by atoms with E-state index in [0.717, 1.165) is 30.8 Å². The first-order valence-corrected chi connectivity index (χ1v) is 11.9. The summed E-state index contributed by atoms with van der Waals surface area (Å²) in [6.07, 6.45) is 0.512. The molecule has 0 aliphatic carbocycles. The Kier molecular flexibility index (Phi) is 6.94. The van der Waals surface area contributed by atoms with Crippen molar-refractivity contribution < 1.29 is 22.7 Å². The van der Waals surface area contributed by atoms with Crippen LogP contribution in [0.1, 0.15) is 6.92 Å². The lowest BCUT2D eigenvalue weighted by molar-refractivity contribution is -0.138. The van der Waals surface area contributed by atoms with E-state index in [1.54, 1.807) is 38.3 Å². The molecule has 8 nitrogen and oxygen atoms in total. The summed E-state index contributed by atoms with van der Waals surface area (Å²) in [7, 11) is -0.194. The van der Waals surface area contributed by atoms with E-state index in [4.69, 9.17) is 9.47 Å². The van der Waals surface area contributed by atoms with Crippen LogP contribution in [-0.2, 0) is 14.8 Å². The molecule has 1 aliphatic heterocycles. The van der Waals surface area contributed by atoms with Crippen molar-refractivity contribution in [2.45, 2.75) is 13.0 Å². The van der Waals surface area contributed by atoms with E-state index in [2.05, 4.69) is 4.90 Å². The van der Waals surface area contributed by atoms with Gasteiger partial charge in [-0.15, -0.1) is 0 Å². The lowest BCUT2D eigenvalue weighted by Crippen LogP contribution is -2.52. The number of piperazine rings is 1. The number of sulfonamides is 1. The highest BCUT2D eigenvalue weighted by Crippen LogP contribution is 2.23. The van der Waals surface area contributed by atoms with Crippen LogP contribution in [0, 0.1) is 0 Å². The first kappa shape index (κ1) is 22.7. The van der Waals surface area contributed by atoms with Gasteiger partial charge in [-0.1, -0.05) is 0 Å². The second-order valence-electron chi connectivity index (χ2n) is 7.49. The molecule has 9 heteroatoms. The molecule has 1 aliphatic rings. The summed E-state index contributed by atoms with van der Waals surface area (Å²) in [5.41, 5.74) is 1.64. The summed E-state index contributed by atoms with van der Waals surface area (Å²) in [6.45, 7) is 4.47. The Balaban J connectivity index is 1.53. The molecule has 2 aromatic rings. The molecule has 0 saturated carbocycles. The fraction of sp³-hybridized carbons (Fsp3) is 0.409. The van der Waals surface area contributed by atoms with Crippen LogP contribution in [-0.4, -0.2) is 71.9 Å². The molecule has 0 N–H and O–H groups in total. The van der Waals surface area contributed by atoms with E-state index < -0.39 is 16.1 Å². The summed E-state index contributed by atoms with van der Waals surface area (Å²) in [5, 5.41) is 0. The highest BCUT2D eigenvalue weighted by atomic mass is 32.2. The molecule has 0 radical (unpaired) electrons. The Hall–Kier alpha value is -2.94. The van der Waals surface area contributed by atoms with Crippen LogP contribution in [0.25, 0.3) is 0 Å². The Labute approximate surface area is 184 Å². The van der Waals surface area contributed by atoms with Gasteiger partial charge in [0, 0.05) is 38.9 Å². The molecular formula is C22H29N3O5S. The standard InChI is InChI=1S/C22H29N3O5S/c1-17(30-21-11-5-18(6-12-21)23(2)31(4,27)28)22(26)25-15-13-24(14-16-25)19-7-9-20(29-3)10-8-19/h5-12,17H,13-16H2,1-4H3/t17-/m1/s1. The van der Waals surface area contributed by atoms with E-state index in [0.29, 0.717) is 24.5 Å². The largest absolute Gasteiger partial charge is 0.497 e. The normalized spacial score (nSPS) is 15.4. The molecule has 1 heterocycles. The van der Waals surface area contributed by atoms with Crippen LogP contribution in [0.15, 0.2) is 48.5 Å². The molecule has 0 unspecified atom stereocenters. The number of rotatable bonds is 7. The number of ether oxygens (including phenoxy) is 2. The average Bonchev–Trinajstić information content (AvgIpc) is 2.78. The number of anilines is 2. The Morgan fingerprint density at radius 1 is 0.968 bits per heavy atom. The maximum absolute atomic E-state index is 12.8. The van der Waals surface area contributed by atoms with Gasteiger partial charge < -0.3 is 19.3 Å². The number of methoxy groups -OCH3 is 1. The van der Waals surface area contributed by atoms with Crippen molar-refractivity contribution in [1.29, 1.82) is 0 Å². The number of carbonyl (C=O) groups excluding carboxylic acids is 1. The minimum Gasteiger partial charge on any atom is -0.497 e. The van der Waals surface area contributed by atoms with Gasteiger partial charge in [0.05, 0.1) is 19.1 Å². The summed E-state index contributed by atoms with van der Waals surface area (Å²) < 4.78 is 35.5. The van der Waals surface area contributed by atoms with E-state index in [1.165, 1.54) is 11.4 Å². The van der Waals surface area contributed by atoms with E-state index >= 15 is 0 Å². The fourth-order valence-electron chi connectivity index (χ4n) is 3.42. The molecule has 31 heavy (non-hydrogen) atoms. The first-order chi connectivity index (χ1) is 14.7. The molecule has 0 bridgehead atoms. The second kappa shape index (κ2) is 9.47. The van der Waals surface area contributed by atoms with Gasteiger partial charge in [0.1, 0.15) is 11.5 Å². The Morgan fingerprint density at radius 2 is 1.52 bits per heavy atom. The van der Waals surface area contributed by atoms with Crippen molar-refractivity contribution >= 4 is 27.3 Å². The van der Waals surface area contributed by atoms with Crippen LogP contribution < -0.4 is 18.7 Å². The van der Waals surface area contributed by atoms with Crippen LogP contribution in [0.4, 0.5) is 11.4 Å². The third-order valence-electron chi connectivity index (χ3n) is 5.39. The Morgan fingerprint density at radius 3 is 2.03 bits per heavy atom. The summed E-state index contributed by atoms with van der Waals surface area (Å²) in [6, 6.07) is 14.6. The van der Waals surface area contributed by atoms with Gasteiger partial charge in [0.25, 0.3) is 5.91 Å². The lowest BCUT2D eigenvalue weighted by Gasteiger charge is -2.37. The summed E-state index contributed by atoms with van der Waals surface area (Å²) in [5.74, 6) is 1.27. The maximum Gasteiger partial charge on any atom is 0.263 e. The molecular weight excluding hydrogens is 418 g/mol. The zero-order chi connectivity index (χ0) is 22.6. The number of benzene rings is 2. The van der Waals surface area contributed by atoms with Gasteiger partial charge in [-0.25, -0.2) is 8.42 Å². The number of amides is 1. The molecule has 168 valence electrons. The highest BCUT2D eigenvalue weighted by Gasteiger charge is 2.26. The van der Waals surface area contributed by atoms with Crippen molar-refractivity contribution in [2.75, 3.05) is 55.8 Å². The third-order valence-corrected chi connectivity index (χ3v) is 6.59. The van der Waals surface area contributed by atoms with Crippen molar-refractivity contribution in [1.82, 2.24) is 4.90 Å². The number of carbonyl (C=O) groups is 1. The second-order valence-corrected chi connectivity index (χ2v) is 9.51. The summed E-state index contributed by atoms with van der Waals surface area (Å²) in [4.78, 5) is 16.9. The molecule has 0 spiro atoms. The molecule has 2 aromatic carbocycles. The maximum atomic E-state index is 12.8. The number of hydrogen-bond acceptors (Lipinski definition) is 6. The SMILES string of the molecule is COc1ccc(N2CCN(C(=O)[C@@H](C)Oc3ccc(N(C)S(C)(=O)=O)cc3)CC2)cc1. The Bertz CT molecular complexity index is 985. The van der Waals surface area contributed by atoms with Gasteiger partial charge in [0.2, 0.25) is 10.0 Å². The molecule has 1 amide bonds. The van der Waals surface area contributed by atoms with Gasteiger partial charge in [-0.2, -0.15) is 0 Å². The van der Waals surface area contributed by atoms with Crippen LogP contribution in [0.3, 0.4) is 0 Å². The van der Waals surface area contributed by atoms with Crippen molar-refractivity contribution in [3.8, 4) is 11.5 Å². The monoisotopic (exact) mass is 447 g/mol. The zero-order valence-electron chi connectivity index (χ0n) is 18.3. The number of hydrogen-bond donors (Lipinski definition) is 0. The van der Waals surface area contributed by atoms with Gasteiger partial charge >= 0.3 is 0 Å². The first-order valence-electron chi connectivity index (χ1n) is 10.1. The van der Waals surface area contributed by atoms with Crippen molar-refractivity contribution in [2.24, 2.45) is 0 Å². The van der Waals surface area contributed by atoms with E-state index in [9.17, 15) is 13.2 Å². The van der Waals surface area contributed by atoms with E-state index in [-0.39, 0.29) is 5.91 Å². The predicted molar refractivity (Wildman–Crippen MR) is 122 cm³/mol. The quantitative estimate of drug-likeness (QED) is 0.648. The van der Waals surface area contributed by atoms with Gasteiger partial charge in [-0.3, -0.25) is 9.10 Å². The van der Waals surface area contributed by atoms with Crippen molar-refractivity contribution in [3.05, 3.63) is 48.5 Å². The van der Waals surface area contributed by atoms with Gasteiger partial charge in [-0.05, 0) is 55.5 Å². The fourth-order valence-corrected chi connectivity index (χ4v) is 3.92. The van der Waals surface area contributed by atoms with Crippen molar-refractivity contribution in [3.63, 3.8) is 0 Å². The van der Waals surface area contributed by atoms with E-state index in [1.807, 2.05) is 29.2 Å². The predicted octanol–water partition coefficient (Wildman–Crippen LogP) is 2.21. The molecule has 1 atom stereocenters. The average molecular weight is 448 g/mol. The molecule has 1 saturated heterocycles. The minimum absolute atomic E-state index is 0.0632. The smallest absolute Gasteiger partial charge is 0.263 e. The van der Waals surface area contributed by atoms with Crippen LogP contribution >= 0.6 is 0 Å². The molecule has 1 fully saturated rings. The minimum atomic E-state index is -3.33. The number of nitrogens with zero attached hydrogens (tertiary/aromatic N) is 3. The lowest BCUT2D eigenvalue weighted by atomic mass is 10.2. The zero-order valence-corrected chi connectivity index (χ0v) is 19.1. The summed E-state index contributed by atoms with van der Waals surface area (Å²) >= 11 is 0. The molecule has 0 aromatic heterocycles. The highest BCUT2D eigenvalue weighted by molar-refractivity contribution is 7.92.